The monoisotopic (exact) mass is 274 g/mol. The van der Waals surface area contributed by atoms with Crippen molar-refractivity contribution < 1.29 is 14.3 Å². The molecule has 0 radical (unpaired) electrons. The van der Waals surface area contributed by atoms with Crippen LogP contribution in [0.1, 0.15) is 34.6 Å². The Labute approximate surface area is 114 Å². The maximum atomic E-state index is 12.1. The van der Waals surface area contributed by atoms with Crippen LogP contribution < -0.4 is 5.73 Å². The molecule has 1 amide bonds. The number of ether oxygens (including phenoxy) is 2. The molecule has 1 aliphatic heterocycles. The summed E-state index contributed by atoms with van der Waals surface area (Å²) in [7, 11) is 0. The molecule has 5 nitrogen and oxygen atoms in total. The third kappa shape index (κ3) is 4.10. The molecule has 0 bridgehead atoms. The predicted octanol–water partition coefficient (Wildman–Crippen LogP) is 1.69. The Bertz CT molecular complexity index is 350. The fourth-order valence-electron chi connectivity index (χ4n) is 1.71. The molecular weight excluding hydrogens is 252 g/mol. The lowest BCUT2D eigenvalue weighted by Gasteiger charge is -2.43. The molecule has 0 aromatic heterocycles. The highest BCUT2D eigenvalue weighted by Crippen LogP contribution is 2.23. The van der Waals surface area contributed by atoms with Gasteiger partial charge in [0.25, 0.3) is 0 Å². The van der Waals surface area contributed by atoms with Crippen molar-refractivity contribution in [3.63, 3.8) is 0 Å². The van der Waals surface area contributed by atoms with E-state index in [0.29, 0.717) is 13.2 Å². The highest BCUT2D eigenvalue weighted by molar-refractivity contribution is 7.80. The van der Waals surface area contributed by atoms with Crippen molar-refractivity contribution in [3.8, 4) is 0 Å². The Kier molecular flexibility index (Phi) is 4.23. The number of morpholine rings is 1. The van der Waals surface area contributed by atoms with Crippen molar-refractivity contribution in [2.45, 2.75) is 51.9 Å². The number of nitrogens with two attached hydrogens (primary N) is 1. The van der Waals surface area contributed by atoms with Gasteiger partial charge in [-0.2, -0.15) is 0 Å². The molecule has 0 aliphatic carbocycles. The first-order valence-electron chi connectivity index (χ1n) is 5.95. The normalized spacial score (nSPS) is 23.6. The molecule has 0 aromatic carbocycles. The number of hydrogen-bond donors (Lipinski definition) is 1. The van der Waals surface area contributed by atoms with Crippen LogP contribution in [0.5, 0.6) is 0 Å². The van der Waals surface area contributed by atoms with Crippen molar-refractivity contribution >= 4 is 23.3 Å². The van der Waals surface area contributed by atoms with E-state index in [0.717, 1.165) is 0 Å². The minimum absolute atomic E-state index is 0.247. The summed E-state index contributed by atoms with van der Waals surface area (Å²) in [5.74, 6) is 0. The lowest BCUT2D eigenvalue weighted by molar-refractivity contribution is -0.0992. The highest BCUT2D eigenvalue weighted by Gasteiger charge is 2.39. The quantitative estimate of drug-likeness (QED) is 0.737. The Hall–Kier alpha value is -0.880. The van der Waals surface area contributed by atoms with Crippen molar-refractivity contribution in [1.29, 1.82) is 0 Å². The SMILES string of the molecule is CC(C)(C)OC(=O)N1CC(C)(C)OCC1C(N)=S. The summed E-state index contributed by atoms with van der Waals surface area (Å²) < 4.78 is 11.0. The van der Waals surface area contributed by atoms with E-state index in [4.69, 9.17) is 27.4 Å². The second-order valence-corrected chi connectivity index (χ2v) is 6.57. The van der Waals surface area contributed by atoms with Gasteiger partial charge in [-0.3, -0.25) is 4.90 Å². The molecule has 1 heterocycles. The third-order valence-corrected chi connectivity index (χ3v) is 2.79. The van der Waals surface area contributed by atoms with Gasteiger partial charge < -0.3 is 15.2 Å². The zero-order valence-electron chi connectivity index (χ0n) is 11.6. The van der Waals surface area contributed by atoms with Crippen LogP contribution in [0, 0.1) is 0 Å². The standard InChI is InChI=1S/C12H22N2O3S/c1-11(2,3)17-10(15)14-7-12(4,5)16-6-8(14)9(13)18/h8H,6-7H2,1-5H3,(H2,13,18). The highest BCUT2D eigenvalue weighted by atomic mass is 32.1. The van der Waals surface area contributed by atoms with Crippen molar-refractivity contribution in [2.75, 3.05) is 13.2 Å². The molecule has 104 valence electrons. The summed E-state index contributed by atoms with van der Waals surface area (Å²) in [5, 5.41) is 0. The Morgan fingerprint density at radius 1 is 1.50 bits per heavy atom. The van der Waals surface area contributed by atoms with Crippen LogP contribution >= 0.6 is 12.2 Å². The Morgan fingerprint density at radius 2 is 2.06 bits per heavy atom. The molecule has 1 fully saturated rings. The van der Waals surface area contributed by atoms with Crippen LogP contribution in [0.3, 0.4) is 0 Å². The molecule has 1 saturated heterocycles. The van der Waals surface area contributed by atoms with E-state index < -0.39 is 23.3 Å². The summed E-state index contributed by atoms with van der Waals surface area (Å²) in [6, 6.07) is -0.400. The summed E-state index contributed by atoms with van der Waals surface area (Å²) in [6.07, 6.45) is -0.406. The average molecular weight is 274 g/mol. The first-order valence-corrected chi connectivity index (χ1v) is 6.35. The predicted molar refractivity (Wildman–Crippen MR) is 73.5 cm³/mol. The van der Waals surface area contributed by atoms with Gasteiger partial charge in [-0.15, -0.1) is 0 Å². The van der Waals surface area contributed by atoms with E-state index in [9.17, 15) is 4.79 Å². The number of thiocarbonyl (C=S) groups is 1. The molecule has 0 aromatic rings. The molecule has 6 heteroatoms. The summed E-state index contributed by atoms with van der Waals surface area (Å²) >= 11 is 4.98. The minimum Gasteiger partial charge on any atom is -0.444 e. The van der Waals surface area contributed by atoms with E-state index in [2.05, 4.69) is 0 Å². The topological polar surface area (TPSA) is 64.8 Å². The fourth-order valence-corrected chi connectivity index (χ4v) is 1.90. The molecule has 1 rings (SSSR count). The lowest BCUT2D eigenvalue weighted by atomic mass is 10.0. The fraction of sp³-hybridized carbons (Fsp3) is 0.833. The van der Waals surface area contributed by atoms with Crippen LogP contribution in [-0.2, 0) is 9.47 Å². The first-order chi connectivity index (χ1) is 8.02. The van der Waals surface area contributed by atoms with Gasteiger partial charge in [-0.05, 0) is 34.6 Å². The Balaban J connectivity index is 2.85. The van der Waals surface area contributed by atoms with Gasteiger partial charge in [-0.1, -0.05) is 12.2 Å². The van der Waals surface area contributed by atoms with E-state index in [1.165, 1.54) is 0 Å². The average Bonchev–Trinajstić information content (AvgIpc) is 2.12. The maximum absolute atomic E-state index is 12.1. The lowest BCUT2D eigenvalue weighted by Crippen LogP contribution is -2.60. The van der Waals surface area contributed by atoms with Crippen LogP contribution in [0.25, 0.3) is 0 Å². The molecule has 1 aliphatic rings. The molecule has 1 atom stereocenters. The van der Waals surface area contributed by atoms with Gasteiger partial charge in [-0.25, -0.2) is 4.79 Å². The zero-order chi connectivity index (χ0) is 14.1. The van der Waals surface area contributed by atoms with E-state index in [-0.39, 0.29) is 4.99 Å². The van der Waals surface area contributed by atoms with Crippen LogP contribution in [0.2, 0.25) is 0 Å². The number of rotatable bonds is 1. The second-order valence-electron chi connectivity index (χ2n) is 6.10. The molecule has 0 saturated carbocycles. The third-order valence-electron chi connectivity index (χ3n) is 2.52. The van der Waals surface area contributed by atoms with Gasteiger partial charge in [0.2, 0.25) is 0 Å². The summed E-state index contributed by atoms with van der Waals surface area (Å²) in [6.45, 7) is 10.0. The van der Waals surface area contributed by atoms with E-state index in [1.807, 2.05) is 34.6 Å². The van der Waals surface area contributed by atoms with Gasteiger partial charge in [0.15, 0.2) is 0 Å². The number of nitrogens with zero attached hydrogens (tertiary/aromatic N) is 1. The second kappa shape index (κ2) is 5.01. The zero-order valence-corrected chi connectivity index (χ0v) is 12.5. The van der Waals surface area contributed by atoms with Gasteiger partial charge >= 0.3 is 6.09 Å². The van der Waals surface area contributed by atoms with Crippen molar-refractivity contribution in [2.24, 2.45) is 5.73 Å². The first kappa shape index (κ1) is 15.2. The maximum Gasteiger partial charge on any atom is 0.411 e. The van der Waals surface area contributed by atoms with E-state index >= 15 is 0 Å². The largest absolute Gasteiger partial charge is 0.444 e. The number of carbonyl (C=O) groups excluding carboxylic acids is 1. The molecule has 1 unspecified atom stereocenters. The molecular formula is C12H22N2O3S. The smallest absolute Gasteiger partial charge is 0.411 e. The molecule has 2 N–H and O–H groups in total. The minimum atomic E-state index is -0.541. The van der Waals surface area contributed by atoms with Crippen LogP contribution in [0.15, 0.2) is 0 Å². The number of carbonyl (C=O) groups is 1. The number of hydrogen-bond acceptors (Lipinski definition) is 4. The van der Waals surface area contributed by atoms with Crippen LogP contribution in [0.4, 0.5) is 4.79 Å². The van der Waals surface area contributed by atoms with Crippen molar-refractivity contribution in [1.82, 2.24) is 4.90 Å². The van der Waals surface area contributed by atoms with E-state index in [1.54, 1.807) is 4.90 Å². The van der Waals surface area contributed by atoms with Crippen molar-refractivity contribution in [3.05, 3.63) is 0 Å². The molecule has 18 heavy (non-hydrogen) atoms. The molecule has 0 spiro atoms. The van der Waals surface area contributed by atoms with Gasteiger partial charge in [0.05, 0.1) is 23.7 Å². The van der Waals surface area contributed by atoms with Gasteiger partial charge in [0.1, 0.15) is 11.6 Å². The summed E-state index contributed by atoms with van der Waals surface area (Å²) in [5.41, 5.74) is 4.69. The van der Waals surface area contributed by atoms with Gasteiger partial charge in [0, 0.05) is 0 Å². The number of amides is 1. The van der Waals surface area contributed by atoms with Crippen LogP contribution in [-0.4, -0.2) is 46.4 Å². The summed E-state index contributed by atoms with van der Waals surface area (Å²) in [4.78, 5) is 13.9. The Morgan fingerprint density at radius 3 is 2.50 bits per heavy atom.